The second-order valence-corrected chi connectivity index (χ2v) is 13.5. The lowest BCUT2D eigenvalue weighted by Gasteiger charge is -2.49. The van der Waals surface area contributed by atoms with Crippen LogP contribution in [0.5, 0.6) is 0 Å². The van der Waals surface area contributed by atoms with Crippen molar-refractivity contribution in [2.75, 3.05) is 6.61 Å². The zero-order valence-electron chi connectivity index (χ0n) is 20.4. The summed E-state index contributed by atoms with van der Waals surface area (Å²) in [6, 6.07) is 0. The third-order valence-corrected chi connectivity index (χ3v) is 7.24. The number of hydrogen-bond donors (Lipinski definition) is 1. The summed E-state index contributed by atoms with van der Waals surface area (Å²) in [4.78, 5) is 0. The van der Waals surface area contributed by atoms with Crippen LogP contribution in [-0.2, 0) is 9.47 Å². The van der Waals surface area contributed by atoms with Crippen molar-refractivity contribution in [3.63, 3.8) is 0 Å². The summed E-state index contributed by atoms with van der Waals surface area (Å²) in [7, 11) is 0. The quantitative estimate of drug-likeness (QED) is 0.490. The Labute approximate surface area is 175 Å². The van der Waals surface area contributed by atoms with Gasteiger partial charge in [-0.3, -0.25) is 0 Å². The summed E-state index contributed by atoms with van der Waals surface area (Å²) in [5.74, 6) is 1.96. The number of hydrogen-bond acceptors (Lipinski definition) is 3. The Morgan fingerprint density at radius 2 is 1.46 bits per heavy atom. The number of fused-ring (bicyclic) bond motifs is 2. The molecule has 0 aromatic rings. The summed E-state index contributed by atoms with van der Waals surface area (Å²) in [5.41, 5.74) is -0.237. The molecule has 28 heavy (non-hydrogen) atoms. The Morgan fingerprint density at radius 3 is 1.86 bits per heavy atom. The second kappa shape index (κ2) is 8.19. The Morgan fingerprint density at radius 1 is 0.857 bits per heavy atom. The highest BCUT2D eigenvalue weighted by Crippen LogP contribution is 2.53. The van der Waals surface area contributed by atoms with Crippen molar-refractivity contribution in [1.82, 2.24) is 0 Å². The van der Waals surface area contributed by atoms with E-state index in [1.165, 1.54) is 25.7 Å². The molecular weight excluding hydrogens is 348 g/mol. The predicted octanol–water partition coefficient (Wildman–Crippen LogP) is 6.64. The van der Waals surface area contributed by atoms with E-state index in [1.54, 1.807) is 0 Å². The first kappa shape index (κ1) is 24.2. The topological polar surface area (TPSA) is 38.7 Å². The molecule has 2 saturated carbocycles. The standard InChI is InChI=1S/C25H48O3/c1-22(2,3)15-25(10,24(7,8)9)21(26)28-20(27-16-23(4,5)6)19-14-17-11-12-18(19)13-17/h17-21,26H,11-16H2,1-10H3. The largest absolute Gasteiger partial charge is 0.367 e. The van der Waals surface area contributed by atoms with E-state index in [-0.39, 0.29) is 27.9 Å². The fourth-order valence-electron chi connectivity index (χ4n) is 5.32. The van der Waals surface area contributed by atoms with Crippen LogP contribution in [0.2, 0.25) is 0 Å². The molecular formula is C25H48O3. The molecule has 0 aliphatic heterocycles. The van der Waals surface area contributed by atoms with Crippen LogP contribution in [0, 0.1) is 39.4 Å². The molecule has 0 saturated heterocycles. The highest BCUT2D eigenvalue weighted by molar-refractivity contribution is 4.95. The van der Waals surface area contributed by atoms with Gasteiger partial charge < -0.3 is 14.6 Å². The van der Waals surface area contributed by atoms with Gasteiger partial charge >= 0.3 is 0 Å². The summed E-state index contributed by atoms with van der Waals surface area (Å²) in [5, 5.41) is 11.4. The second-order valence-electron chi connectivity index (χ2n) is 13.5. The molecule has 3 nitrogen and oxygen atoms in total. The zero-order valence-corrected chi connectivity index (χ0v) is 20.4. The van der Waals surface area contributed by atoms with Gasteiger partial charge in [0.25, 0.3) is 0 Å². The fourth-order valence-corrected chi connectivity index (χ4v) is 5.32. The maximum absolute atomic E-state index is 11.4. The molecule has 0 spiro atoms. The SMILES string of the molecule is CC(C)(C)COC(OC(O)C(C)(CC(C)(C)C)C(C)(C)C)C1CC2CCC1C2. The molecule has 2 aliphatic carbocycles. The minimum Gasteiger partial charge on any atom is -0.367 e. The Kier molecular flexibility index (Phi) is 7.07. The molecule has 166 valence electrons. The minimum absolute atomic E-state index is 0.0804. The van der Waals surface area contributed by atoms with E-state index in [9.17, 15) is 5.11 Å². The van der Waals surface area contributed by atoms with Gasteiger partial charge in [0.15, 0.2) is 12.6 Å². The third-order valence-electron chi connectivity index (χ3n) is 7.24. The van der Waals surface area contributed by atoms with Crippen molar-refractivity contribution in [3.05, 3.63) is 0 Å². The normalized spacial score (nSPS) is 30.3. The zero-order chi connectivity index (χ0) is 21.5. The van der Waals surface area contributed by atoms with Gasteiger partial charge in [-0.2, -0.15) is 0 Å². The lowest BCUT2D eigenvalue weighted by Crippen LogP contribution is -2.50. The van der Waals surface area contributed by atoms with E-state index in [4.69, 9.17) is 9.47 Å². The van der Waals surface area contributed by atoms with Crippen LogP contribution in [-0.4, -0.2) is 24.3 Å². The molecule has 3 heteroatoms. The molecule has 0 aromatic heterocycles. The molecule has 2 rings (SSSR count). The van der Waals surface area contributed by atoms with Crippen LogP contribution in [0.4, 0.5) is 0 Å². The number of ether oxygens (including phenoxy) is 2. The molecule has 6 unspecified atom stereocenters. The molecule has 0 radical (unpaired) electrons. The van der Waals surface area contributed by atoms with Crippen LogP contribution < -0.4 is 0 Å². The number of aliphatic hydroxyl groups is 1. The van der Waals surface area contributed by atoms with E-state index >= 15 is 0 Å². The highest BCUT2D eigenvalue weighted by Gasteiger charge is 2.50. The highest BCUT2D eigenvalue weighted by atomic mass is 16.7. The lowest BCUT2D eigenvalue weighted by atomic mass is 9.61. The number of rotatable bonds is 7. The minimum atomic E-state index is -0.837. The Bertz CT molecular complexity index is 507. The first-order chi connectivity index (χ1) is 12.5. The van der Waals surface area contributed by atoms with Crippen LogP contribution in [0.15, 0.2) is 0 Å². The molecule has 0 aromatic carbocycles. The maximum Gasteiger partial charge on any atom is 0.163 e. The van der Waals surface area contributed by atoms with E-state index in [0.717, 1.165) is 12.3 Å². The van der Waals surface area contributed by atoms with Gasteiger partial charge in [-0.15, -0.1) is 0 Å². The van der Waals surface area contributed by atoms with E-state index < -0.39 is 6.29 Å². The van der Waals surface area contributed by atoms with Crippen molar-refractivity contribution < 1.29 is 14.6 Å². The average Bonchev–Trinajstić information content (AvgIpc) is 3.10. The van der Waals surface area contributed by atoms with E-state index in [2.05, 4.69) is 69.2 Å². The monoisotopic (exact) mass is 396 g/mol. The summed E-state index contributed by atoms with van der Waals surface area (Å²) < 4.78 is 12.8. The van der Waals surface area contributed by atoms with Crippen molar-refractivity contribution >= 4 is 0 Å². The van der Waals surface area contributed by atoms with Gasteiger partial charge in [0.05, 0.1) is 6.61 Å². The molecule has 0 heterocycles. The molecule has 2 fully saturated rings. The fraction of sp³-hybridized carbons (Fsp3) is 1.00. The third kappa shape index (κ3) is 5.95. The summed E-state index contributed by atoms with van der Waals surface area (Å²) in [6.07, 6.45) is 4.92. The Balaban J connectivity index is 2.20. The maximum atomic E-state index is 11.4. The predicted molar refractivity (Wildman–Crippen MR) is 117 cm³/mol. The molecule has 2 bridgehead atoms. The van der Waals surface area contributed by atoms with Crippen molar-refractivity contribution in [1.29, 1.82) is 0 Å². The van der Waals surface area contributed by atoms with Gasteiger partial charge in [0, 0.05) is 11.3 Å². The van der Waals surface area contributed by atoms with Crippen LogP contribution in [0.1, 0.15) is 101 Å². The van der Waals surface area contributed by atoms with Gasteiger partial charge in [0.1, 0.15) is 0 Å². The van der Waals surface area contributed by atoms with E-state index in [0.29, 0.717) is 18.4 Å². The first-order valence-electron chi connectivity index (χ1n) is 11.5. The number of aliphatic hydroxyl groups excluding tert-OH is 1. The van der Waals surface area contributed by atoms with Crippen LogP contribution >= 0.6 is 0 Å². The molecule has 2 aliphatic rings. The van der Waals surface area contributed by atoms with Gasteiger partial charge in [-0.05, 0) is 53.8 Å². The molecule has 0 amide bonds. The summed E-state index contributed by atoms with van der Waals surface area (Å²) in [6.45, 7) is 22.8. The lowest BCUT2D eigenvalue weighted by molar-refractivity contribution is -0.305. The van der Waals surface area contributed by atoms with E-state index in [1.807, 2.05) is 0 Å². The average molecular weight is 397 g/mol. The van der Waals surface area contributed by atoms with Gasteiger partial charge in [-0.25, -0.2) is 0 Å². The first-order valence-corrected chi connectivity index (χ1v) is 11.5. The Hall–Kier alpha value is -0.120. The van der Waals surface area contributed by atoms with Crippen LogP contribution in [0.3, 0.4) is 0 Å². The summed E-state index contributed by atoms with van der Waals surface area (Å²) >= 11 is 0. The van der Waals surface area contributed by atoms with Crippen molar-refractivity contribution in [2.45, 2.75) is 114 Å². The smallest absolute Gasteiger partial charge is 0.163 e. The van der Waals surface area contributed by atoms with Crippen molar-refractivity contribution in [3.8, 4) is 0 Å². The van der Waals surface area contributed by atoms with Crippen molar-refractivity contribution in [2.24, 2.45) is 39.4 Å². The van der Waals surface area contributed by atoms with Gasteiger partial charge in [-0.1, -0.05) is 75.7 Å². The van der Waals surface area contributed by atoms with Gasteiger partial charge in [0.2, 0.25) is 0 Å². The molecule has 1 N–H and O–H groups in total. The molecule has 6 atom stereocenters. The van der Waals surface area contributed by atoms with Crippen LogP contribution in [0.25, 0.3) is 0 Å².